The van der Waals surface area contributed by atoms with Gasteiger partial charge in [0.1, 0.15) is 6.10 Å². The predicted octanol–water partition coefficient (Wildman–Crippen LogP) is 7.81. The second-order valence-corrected chi connectivity index (χ2v) is 15.6. The van der Waals surface area contributed by atoms with Crippen LogP contribution in [0.5, 0.6) is 0 Å². The first-order valence-corrected chi connectivity index (χ1v) is 16.0. The Balaban J connectivity index is 1.50. The zero-order chi connectivity index (χ0) is 27.9. The van der Waals surface area contributed by atoms with Crippen molar-refractivity contribution in [3.05, 3.63) is 11.6 Å². The summed E-state index contributed by atoms with van der Waals surface area (Å²) in [7, 11) is 0. The van der Waals surface area contributed by atoms with Crippen molar-refractivity contribution < 1.29 is 14.3 Å². The van der Waals surface area contributed by atoms with Gasteiger partial charge in [0.2, 0.25) is 0 Å². The molecule has 4 heteroatoms. The molecule has 218 valence electrons. The first kappa shape index (κ1) is 30.1. The van der Waals surface area contributed by atoms with E-state index < -0.39 is 0 Å². The molecule has 1 heterocycles. The number of fused-ring (bicyclic) bond motifs is 5. The minimum atomic E-state index is -0.125. The van der Waals surface area contributed by atoms with E-state index in [-0.39, 0.29) is 41.5 Å². The molecule has 0 aromatic heterocycles. The normalized spacial score (nSPS) is 40.0. The Hall–Kier alpha value is -0.870. The van der Waals surface area contributed by atoms with E-state index in [4.69, 9.17) is 9.47 Å². The number of nitrogens with one attached hydrogen (secondary N) is 1. The van der Waals surface area contributed by atoms with Gasteiger partial charge in [-0.2, -0.15) is 0 Å². The molecule has 0 aromatic carbocycles. The van der Waals surface area contributed by atoms with E-state index >= 15 is 0 Å². The summed E-state index contributed by atoms with van der Waals surface area (Å²) in [5, 5.41) is 3.29. The maximum absolute atomic E-state index is 12.8. The number of rotatable bonds is 8. The number of carbonyl (C=O) groups is 1. The van der Waals surface area contributed by atoms with Crippen LogP contribution in [-0.2, 0) is 14.3 Å². The van der Waals surface area contributed by atoms with Gasteiger partial charge in [-0.25, -0.2) is 0 Å². The zero-order valence-corrected chi connectivity index (χ0v) is 26.2. The van der Waals surface area contributed by atoms with Crippen molar-refractivity contribution in [2.45, 2.75) is 126 Å². The van der Waals surface area contributed by atoms with Gasteiger partial charge in [0, 0.05) is 17.9 Å². The van der Waals surface area contributed by atoms with E-state index in [9.17, 15) is 4.79 Å². The van der Waals surface area contributed by atoms with Crippen molar-refractivity contribution in [1.29, 1.82) is 0 Å². The highest BCUT2D eigenvalue weighted by Crippen LogP contribution is 2.65. The number of carbonyl (C=O) groups excluding carboxylic acids is 1. The minimum Gasteiger partial charge on any atom is -0.461 e. The van der Waals surface area contributed by atoms with Gasteiger partial charge in [0.25, 0.3) is 0 Å². The maximum Gasteiger partial charge on any atom is 0.320 e. The molecule has 1 N–H and O–H groups in total. The van der Waals surface area contributed by atoms with Crippen LogP contribution in [-0.4, -0.2) is 37.9 Å². The molecule has 0 amide bonds. The summed E-state index contributed by atoms with van der Waals surface area (Å²) in [6.45, 7) is 22.7. The molecule has 3 aliphatic carbocycles. The van der Waals surface area contributed by atoms with Crippen molar-refractivity contribution in [1.82, 2.24) is 5.32 Å². The monoisotopic (exact) mass is 529 g/mol. The Bertz CT molecular complexity index is 858. The quantitative estimate of drug-likeness (QED) is 0.257. The van der Waals surface area contributed by atoms with Gasteiger partial charge in [-0.05, 0) is 98.7 Å². The van der Waals surface area contributed by atoms with Crippen molar-refractivity contribution in [3.63, 3.8) is 0 Å². The Kier molecular flexibility index (Phi) is 9.15. The molecule has 38 heavy (non-hydrogen) atoms. The molecule has 4 aliphatic rings. The molecular formula is C34H59NO3. The SMILES string of the molecule is CC[C@H](OC(=O)CNCC(C)(C)C)[C@@H]1CO[C@@H](C)C2(C)C3=CCC4CC(CC(C)C)CC[C@]4(C)C3CCC12. The smallest absolute Gasteiger partial charge is 0.320 e. The van der Waals surface area contributed by atoms with E-state index in [1.165, 1.54) is 44.9 Å². The lowest BCUT2D eigenvalue weighted by Crippen LogP contribution is -2.59. The van der Waals surface area contributed by atoms with Gasteiger partial charge in [-0.15, -0.1) is 0 Å². The molecule has 5 unspecified atom stereocenters. The summed E-state index contributed by atoms with van der Waals surface area (Å²) in [6, 6.07) is 0. The number of esters is 1. The molecule has 0 radical (unpaired) electrons. The van der Waals surface area contributed by atoms with Crippen LogP contribution in [0.1, 0.15) is 114 Å². The molecule has 0 bridgehead atoms. The van der Waals surface area contributed by atoms with Crippen LogP contribution >= 0.6 is 0 Å². The highest BCUT2D eigenvalue weighted by molar-refractivity contribution is 5.71. The molecule has 0 aromatic rings. The third-order valence-corrected chi connectivity index (χ3v) is 11.4. The molecule has 9 atom stereocenters. The summed E-state index contributed by atoms with van der Waals surface area (Å²) in [4.78, 5) is 12.8. The lowest BCUT2D eigenvalue weighted by molar-refractivity contribution is -0.184. The van der Waals surface area contributed by atoms with E-state index in [1.807, 2.05) is 0 Å². The van der Waals surface area contributed by atoms with Gasteiger partial charge in [0.05, 0.1) is 19.3 Å². The summed E-state index contributed by atoms with van der Waals surface area (Å²) in [5.41, 5.74) is 2.29. The molecule has 4 rings (SSSR count). The standard InChI is InChI=1S/C34H59NO3/c1-10-30(38-31(36)19-35-21-32(5,6)7)26-20-37-23(4)34(9)27(26)13-14-28-29(34)12-11-25-18-24(17-22(2)3)15-16-33(25,28)8/h12,22-28,30,35H,10-11,13-21H2,1-9H3/t23-,24?,25?,26+,27?,28?,30-,33-,34?/m0/s1. The van der Waals surface area contributed by atoms with Crippen molar-refractivity contribution in [3.8, 4) is 0 Å². The number of ether oxygens (including phenoxy) is 2. The lowest BCUT2D eigenvalue weighted by atomic mass is 9.44. The summed E-state index contributed by atoms with van der Waals surface area (Å²) < 4.78 is 12.8. The molecule has 0 spiro atoms. The molecule has 1 aliphatic heterocycles. The van der Waals surface area contributed by atoms with Gasteiger partial charge >= 0.3 is 5.97 Å². The highest BCUT2D eigenvalue weighted by atomic mass is 16.5. The molecule has 2 saturated carbocycles. The number of hydrogen-bond donors (Lipinski definition) is 1. The topological polar surface area (TPSA) is 47.6 Å². The fraction of sp³-hybridized carbons (Fsp3) is 0.912. The third-order valence-electron chi connectivity index (χ3n) is 11.4. The Morgan fingerprint density at radius 1 is 1.21 bits per heavy atom. The summed E-state index contributed by atoms with van der Waals surface area (Å²) in [5.74, 6) is 3.87. The van der Waals surface area contributed by atoms with Crippen molar-refractivity contribution >= 4 is 5.97 Å². The van der Waals surface area contributed by atoms with Crippen LogP contribution in [0.4, 0.5) is 0 Å². The van der Waals surface area contributed by atoms with E-state index in [1.54, 1.807) is 5.57 Å². The third kappa shape index (κ3) is 5.92. The van der Waals surface area contributed by atoms with Gasteiger partial charge in [-0.1, -0.05) is 67.0 Å². The van der Waals surface area contributed by atoms with Crippen molar-refractivity contribution in [2.24, 2.45) is 51.8 Å². The largest absolute Gasteiger partial charge is 0.461 e. The first-order valence-electron chi connectivity index (χ1n) is 16.0. The van der Waals surface area contributed by atoms with Crippen LogP contribution in [0.3, 0.4) is 0 Å². The zero-order valence-electron chi connectivity index (χ0n) is 26.2. The van der Waals surface area contributed by atoms with Crippen LogP contribution < -0.4 is 5.32 Å². The fourth-order valence-corrected chi connectivity index (χ4v) is 9.25. The lowest BCUT2D eigenvalue weighted by Gasteiger charge is -2.63. The highest BCUT2D eigenvalue weighted by Gasteiger charge is 2.60. The van der Waals surface area contributed by atoms with E-state index in [0.29, 0.717) is 23.9 Å². The van der Waals surface area contributed by atoms with Crippen molar-refractivity contribution in [2.75, 3.05) is 19.7 Å². The molecule has 3 fully saturated rings. The Morgan fingerprint density at radius 3 is 2.61 bits per heavy atom. The summed E-state index contributed by atoms with van der Waals surface area (Å²) in [6.07, 6.45) is 13.0. The molecular weight excluding hydrogens is 470 g/mol. The second-order valence-electron chi connectivity index (χ2n) is 15.6. The number of allylic oxidation sites excluding steroid dienone is 1. The second kappa shape index (κ2) is 11.6. The molecule has 1 saturated heterocycles. The average Bonchev–Trinajstić information content (AvgIpc) is 2.82. The Labute approximate surface area is 234 Å². The number of hydrogen-bond acceptors (Lipinski definition) is 4. The van der Waals surface area contributed by atoms with E-state index in [0.717, 1.165) is 30.7 Å². The predicted molar refractivity (Wildman–Crippen MR) is 157 cm³/mol. The van der Waals surface area contributed by atoms with E-state index in [2.05, 4.69) is 73.7 Å². The van der Waals surface area contributed by atoms with Crippen LogP contribution in [0.25, 0.3) is 0 Å². The van der Waals surface area contributed by atoms with Gasteiger partial charge in [0.15, 0.2) is 0 Å². The van der Waals surface area contributed by atoms with Gasteiger partial charge < -0.3 is 14.8 Å². The van der Waals surface area contributed by atoms with Crippen LogP contribution in [0.15, 0.2) is 11.6 Å². The minimum absolute atomic E-state index is 0.0267. The van der Waals surface area contributed by atoms with Crippen LogP contribution in [0, 0.1) is 51.8 Å². The average molecular weight is 530 g/mol. The van der Waals surface area contributed by atoms with Crippen LogP contribution in [0.2, 0.25) is 0 Å². The fourth-order valence-electron chi connectivity index (χ4n) is 9.25. The Morgan fingerprint density at radius 2 is 1.95 bits per heavy atom. The molecule has 4 nitrogen and oxygen atoms in total. The maximum atomic E-state index is 12.8. The summed E-state index contributed by atoms with van der Waals surface area (Å²) >= 11 is 0. The van der Waals surface area contributed by atoms with Gasteiger partial charge in [-0.3, -0.25) is 4.79 Å². The first-order chi connectivity index (χ1) is 17.8.